The first kappa shape index (κ1) is 14.4. The zero-order valence-corrected chi connectivity index (χ0v) is 12.9. The molecule has 0 saturated carbocycles. The lowest BCUT2D eigenvalue weighted by Crippen LogP contribution is -2.07. The number of nitrogens with one attached hydrogen (secondary N) is 1. The van der Waals surface area contributed by atoms with E-state index in [1.165, 1.54) is 5.56 Å². The summed E-state index contributed by atoms with van der Waals surface area (Å²) >= 11 is 0. The Morgan fingerprint density at radius 2 is 1.86 bits per heavy atom. The number of aromatic nitrogens is 1. The number of pyridine rings is 1. The summed E-state index contributed by atoms with van der Waals surface area (Å²) in [6, 6.07) is 18.7. The Hall–Kier alpha value is -2.55. The van der Waals surface area contributed by atoms with E-state index in [9.17, 15) is 0 Å². The van der Waals surface area contributed by atoms with Crippen molar-refractivity contribution in [1.82, 2.24) is 4.98 Å². The monoisotopic (exact) mass is 292 g/mol. The molecule has 112 valence electrons. The summed E-state index contributed by atoms with van der Waals surface area (Å²) < 4.78 is 5.49. The zero-order valence-electron chi connectivity index (χ0n) is 12.9. The molecule has 0 fully saturated rings. The molecule has 0 aliphatic heterocycles. The minimum atomic E-state index is 0.210. The number of rotatable bonds is 5. The summed E-state index contributed by atoms with van der Waals surface area (Å²) in [6.07, 6.45) is 1.82. The quantitative estimate of drug-likeness (QED) is 0.733. The lowest BCUT2D eigenvalue weighted by molar-refractivity contribution is 0.340. The van der Waals surface area contributed by atoms with Crippen LogP contribution < -0.4 is 10.1 Å². The van der Waals surface area contributed by atoms with Crippen molar-refractivity contribution in [2.24, 2.45) is 0 Å². The van der Waals surface area contributed by atoms with Gasteiger partial charge in [-0.15, -0.1) is 0 Å². The maximum Gasteiger partial charge on any atom is 0.119 e. The fraction of sp³-hybridized carbons (Fsp3) is 0.211. The van der Waals surface area contributed by atoms with E-state index in [4.69, 9.17) is 4.74 Å². The molecule has 1 N–H and O–H groups in total. The van der Waals surface area contributed by atoms with Crippen LogP contribution in [0.4, 0.5) is 5.69 Å². The summed E-state index contributed by atoms with van der Waals surface area (Å²) in [5, 5.41) is 4.71. The molecule has 3 aromatic rings. The molecule has 1 heterocycles. The van der Waals surface area contributed by atoms with E-state index in [2.05, 4.69) is 41.5 Å². The van der Waals surface area contributed by atoms with Gasteiger partial charge in [-0.1, -0.05) is 18.2 Å². The highest BCUT2D eigenvalue weighted by Crippen LogP contribution is 2.26. The van der Waals surface area contributed by atoms with Gasteiger partial charge in [-0.3, -0.25) is 4.98 Å². The number of hydrogen-bond donors (Lipinski definition) is 1. The Bertz CT molecular complexity index is 747. The largest absolute Gasteiger partial charge is 0.494 e. The van der Waals surface area contributed by atoms with Gasteiger partial charge in [0.1, 0.15) is 5.75 Å². The van der Waals surface area contributed by atoms with E-state index in [1.807, 2.05) is 43.5 Å². The van der Waals surface area contributed by atoms with Crippen LogP contribution in [0.5, 0.6) is 5.75 Å². The molecule has 22 heavy (non-hydrogen) atoms. The van der Waals surface area contributed by atoms with E-state index in [0.29, 0.717) is 6.61 Å². The molecule has 1 atom stereocenters. The lowest BCUT2D eigenvalue weighted by Gasteiger charge is -2.17. The first-order valence-electron chi connectivity index (χ1n) is 7.61. The minimum Gasteiger partial charge on any atom is -0.494 e. The molecule has 2 aromatic carbocycles. The zero-order chi connectivity index (χ0) is 15.4. The van der Waals surface area contributed by atoms with Crippen LogP contribution in [0.1, 0.15) is 25.5 Å². The number of anilines is 1. The number of fused-ring (bicyclic) bond motifs is 1. The molecule has 0 saturated heterocycles. The first-order chi connectivity index (χ1) is 10.8. The molecule has 0 spiro atoms. The van der Waals surface area contributed by atoms with Gasteiger partial charge in [0.2, 0.25) is 0 Å². The maximum absolute atomic E-state index is 5.49. The van der Waals surface area contributed by atoms with Crippen LogP contribution >= 0.6 is 0 Å². The fourth-order valence-electron chi connectivity index (χ4n) is 2.57. The lowest BCUT2D eigenvalue weighted by atomic mass is 10.1. The van der Waals surface area contributed by atoms with Crippen LogP contribution in [0, 0.1) is 0 Å². The van der Waals surface area contributed by atoms with Crippen molar-refractivity contribution < 1.29 is 4.74 Å². The maximum atomic E-state index is 5.49. The van der Waals surface area contributed by atoms with E-state index in [0.717, 1.165) is 22.3 Å². The number of benzene rings is 2. The van der Waals surface area contributed by atoms with E-state index >= 15 is 0 Å². The second-order valence-electron chi connectivity index (χ2n) is 5.24. The topological polar surface area (TPSA) is 34.1 Å². The van der Waals surface area contributed by atoms with Crippen LogP contribution in [-0.4, -0.2) is 11.6 Å². The van der Waals surface area contributed by atoms with Crippen molar-refractivity contribution in [3.63, 3.8) is 0 Å². The van der Waals surface area contributed by atoms with Gasteiger partial charge >= 0.3 is 0 Å². The Balaban J connectivity index is 1.82. The third-order valence-electron chi connectivity index (χ3n) is 3.71. The molecule has 1 unspecified atom stereocenters. The van der Waals surface area contributed by atoms with Crippen LogP contribution in [0.2, 0.25) is 0 Å². The van der Waals surface area contributed by atoms with E-state index in [-0.39, 0.29) is 6.04 Å². The Morgan fingerprint density at radius 3 is 2.64 bits per heavy atom. The predicted octanol–water partition coefficient (Wildman–Crippen LogP) is 4.81. The molecule has 0 aliphatic rings. The third-order valence-corrected chi connectivity index (χ3v) is 3.71. The molecule has 3 rings (SSSR count). The van der Waals surface area contributed by atoms with Crippen molar-refractivity contribution in [2.75, 3.05) is 11.9 Å². The van der Waals surface area contributed by atoms with E-state index < -0.39 is 0 Å². The van der Waals surface area contributed by atoms with Gasteiger partial charge < -0.3 is 10.1 Å². The van der Waals surface area contributed by atoms with Crippen molar-refractivity contribution >= 4 is 16.6 Å². The highest BCUT2D eigenvalue weighted by Gasteiger charge is 2.08. The van der Waals surface area contributed by atoms with Gasteiger partial charge in [-0.25, -0.2) is 0 Å². The molecule has 0 aliphatic carbocycles. The van der Waals surface area contributed by atoms with Crippen LogP contribution in [0.15, 0.2) is 60.8 Å². The highest BCUT2D eigenvalue weighted by atomic mass is 16.5. The molecule has 3 nitrogen and oxygen atoms in total. The number of ether oxygens (including phenoxy) is 1. The first-order valence-corrected chi connectivity index (χ1v) is 7.61. The summed E-state index contributed by atoms with van der Waals surface area (Å²) in [5.74, 6) is 0.910. The molecule has 0 amide bonds. The number of nitrogens with zero attached hydrogens (tertiary/aromatic N) is 1. The number of hydrogen-bond acceptors (Lipinski definition) is 3. The van der Waals surface area contributed by atoms with E-state index in [1.54, 1.807) is 0 Å². The Kier molecular flexibility index (Phi) is 4.24. The second-order valence-corrected chi connectivity index (χ2v) is 5.24. The van der Waals surface area contributed by atoms with Gasteiger partial charge in [0.05, 0.1) is 12.1 Å². The van der Waals surface area contributed by atoms with Crippen LogP contribution in [-0.2, 0) is 0 Å². The molecule has 1 aromatic heterocycles. The van der Waals surface area contributed by atoms with Gasteiger partial charge in [0, 0.05) is 23.3 Å². The summed E-state index contributed by atoms with van der Waals surface area (Å²) in [5.41, 5.74) is 3.34. The van der Waals surface area contributed by atoms with Crippen LogP contribution in [0.3, 0.4) is 0 Å². The minimum absolute atomic E-state index is 0.210. The molecule has 0 radical (unpaired) electrons. The Labute approximate surface area is 131 Å². The van der Waals surface area contributed by atoms with Gasteiger partial charge in [-0.05, 0) is 55.8 Å². The third kappa shape index (κ3) is 3.03. The normalized spacial score (nSPS) is 12.1. The van der Waals surface area contributed by atoms with Gasteiger partial charge in [0.25, 0.3) is 0 Å². The highest BCUT2D eigenvalue weighted by molar-refractivity contribution is 5.91. The standard InChI is InChI=1S/C19H20N2O/c1-3-22-16-11-9-15(10-12-16)14(2)21-19-8-4-7-18-17(19)6-5-13-20-18/h4-14,21H,3H2,1-2H3. The van der Waals surface area contributed by atoms with Crippen LogP contribution in [0.25, 0.3) is 10.9 Å². The molecule has 3 heteroatoms. The average Bonchev–Trinajstić information content (AvgIpc) is 2.56. The van der Waals surface area contributed by atoms with Crippen molar-refractivity contribution in [3.05, 3.63) is 66.4 Å². The smallest absolute Gasteiger partial charge is 0.119 e. The SMILES string of the molecule is CCOc1ccc(C(C)Nc2cccc3ncccc23)cc1. The van der Waals surface area contributed by atoms with Crippen molar-refractivity contribution in [3.8, 4) is 5.75 Å². The molecular weight excluding hydrogens is 272 g/mol. The predicted molar refractivity (Wildman–Crippen MR) is 91.4 cm³/mol. The average molecular weight is 292 g/mol. The second kappa shape index (κ2) is 6.48. The Morgan fingerprint density at radius 1 is 1.05 bits per heavy atom. The van der Waals surface area contributed by atoms with Crippen molar-refractivity contribution in [1.29, 1.82) is 0 Å². The molecule has 0 bridgehead atoms. The van der Waals surface area contributed by atoms with Gasteiger partial charge in [0.15, 0.2) is 0 Å². The summed E-state index contributed by atoms with van der Waals surface area (Å²) in [4.78, 5) is 4.40. The molecular formula is C19H20N2O. The summed E-state index contributed by atoms with van der Waals surface area (Å²) in [6.45, 7) is 4.84. The van der Waals surface area contributed by atoms with Crippen molar-refractivity contribution in [2.45, 2.75) is 19.9 Å². The summed E-state index contributed by atoms with van der Waals surface area (Å²) in [7, 11) is 0. The fourth-order valence-corrected chi connectivity index (χ4v) is 2.57. The van der Waals surface area contributed by atoms with Gasteiger partial charge in [-0.2, -0.15) is 0 Å².